The van der Waals surface area contributed by atoms with Gasteiger partial charge in [-0.15, -0.1) is 11.3 Å². The van der Waals surface area contributed by atoms with Crippen LogP contribution in [0.4, 0.5) is 0 Å². The lowest BCUT2D eigenvalue weighted by molar-refractivity contribution is 0.685. The maximum Gasteiger partial charge on any atom is 0.0897 e. The van der Waals surface area contributed by atoms with E-state index in [1.807, 2.05) is 36.6 Å². The van der Waals surface area contributed by atoms with Crippen molar-refractivity contribution < 1.29 is 0 Å². The van der Waals surface area contributed by atoms with Gasteiger partial charge in [0.1, 0.15) is 0 Å². The minimum Gasteiger partial charge on any atom is -0.322 e. The van der Waals surface area contributed by atoms with E-state index in [1.165, 1.54) is 0 Å². The molecule has 0 saturated carbocycles. The van der Waals surface area contributed by atoms with Crippen molar-refractivity contribution in [3.63, 3.8) is 0 Å². The third-order valence-electron chi connectivity index (χ3n) is 2.94. The van der Waals surface area contributed by atoms with Crippen molar-refractivity contribution in [1.82, 2.24) is 15.0 Å². The summed E-state index contributed by atoms with van der Waals surface area (Å²) in [5.41, 5.74) is 9.79. The van der Waals surface area contributed by atoms with Crippen LogP contribution in [0, 0.1) is 6.92 Å². The van der Waals surface area contributed by atoms with Crippen LogP contribution in [0.1, 0.15) is 22.4 Å². The van der Waals surface area contributed by atoms with E-state index < -0.39 is 0 Å². The Hall–Kier alpha value is -1.85. The average molecular weight is 270 g/mol. The fourth-order valence-corrected chi connectivity index (χ4v) is 2.61. The minimum atomic E-state index is -0.168. The smallest absolute Gasteiger partial charge is 0.0897 e. The van der Waals surface area contributed by atoms with Crippen LogP contribution in [-0.2, 0) is 6.42 Å². The van der Waals surface area contributed by atoms with Gasteiger partial charge in [-0.2, -0.15) is 0 Å². The van der Waals surface area contributed by atoms with Crippen LogP contribution in [-0.4, -0.2) is 15.0 Å². The fraction of sp³-hybridized carbons (Fsp3) is 0.214. The van der Waals surface area contributed by atoms with Crippen LogP contribution in [0.25, 0.3) is 11.0 Å². The Labute approximate surface area is 115 Å². The summed E-state index contributed by atoms with van der Waals surface area (Å²) in [6.07, 6.45) is 2.45. The third-order valence-corrected chi connectivity index (χ3v) is 3.77. The predicted molar refractivity (Wildman–Crippen MR) is 77.0 cm³/mol. The summed E-state index contributed by atoms with van der Waals surface area (Å²) in [6, 6.07) is 7.64. The van der Waals surface area contributed by atoms with Crippen LogP contribution >= 0.6 is 11.3 Å². The molecule has 19 heavy (non-hydrogen) atoms. The normalized spacial score (nSPS) is 12.7. The molecule has 0 bridgehead atoms. The van der Waals surface area contributed by atoms with Gasteiger partial charge in [0, 0.05) is 11.8 Å². The molecule has 1 atom stereocenters. The van der Waals surface area contributed by atoms with Gasteiger partial charge in [-0.05, 0) is 19.1 Å². The Balaban J connectivity index is 1.86. The summed E-state index contributed by atoms with van der Waals surface area (Å²) in [6.45, 7) is 2.00. The van der Waals surface area contributed by atoms with Gasteiger partial charge in [-0.25, -0.2) is 9.97 Å². The zero-order valence-electron chi connectivity index (χ0n) is 10.6. The lowest BCUT2D eigenvalue weighted by Crippen LogP contribution is -2.15. The van der Waals surface area contributed by atoms with E-state index in [0.717, 1.165) is 27.4 Å². The molecule has 1 unspecified atom stereocenters. The molecule has 5 heteroatoms. The van der Waals surface area contributed by atoms with Gasteiger partial charge in [0.05, 0.1) is 39.7 Å². The molecular formula is C14H14N4S. The van der Waals surface area contributed by atoms with Crippen molar-refractivity contribution >= 4 is 22.4 Å². The monoisotopic (exact) mass is 270 g/mol. The van der Waals surface area contributed by atoms with E-state index in [0.29, 0.717) is 6.42 Å². The molecule has 4 nitrogen and oxygen atoms in total. The standard InChI is InChI=1S/C14H14N4S/c1-9-17-10(8-19-9)6-11(15)14-7-16-12-4-2-3-5-13(12)18-14/h2-5,7-8,11H,6,15H2,1H3. The van der Waals surface area contributed by atoms with E-state index in [2.05, 4.69) is 15.0 Å². The van der Waals surface area contributed by atoms with E-state index in [1.54, 1.807) is 17.5 Å². The molecule has 0 aliphatic rings. The van der Waals surface area contributed by atoms with E-state index in [4.69, 9.17) is 5.73 Å². The second-order valence-electron chi connectivity index (χ2n) is 4.45. The van der Waals surface area contributed by atoms with Crippen molar-refractivity contribution in [1.29, 1.82) is 0 Å². The number of hydrogen-bond acceptors (Lipinski definition) is 5. The van der Waals surface area contributed by atoms with Gasteiger partial charge in [-0.1, -0.05) is 12.1 Å². The number of nitrogens with zero attached hydrogens (tertiary/aromatic N) is 3. The summed E-state index contributed by atoms with van der Waals surface area (Å²) >= 11 is 1.64. The SMILES string of the molecule is Cc1nc(CC(N)c2cnc3ccccc3n2)cs1. The summed E-state index contributed by atoms with van der Waals surface area (Å²) in [5.74, 6) is 0. The molecule has 0 fully saturated rings. The molecule has 3 aromatic rings. The first-order chi connectivity index (χ1) is 9.22. The summed E-state index contributed by atoms with van der Waals surface area (Å²) in [4.78, 5) is 13.4. The molecular weight excluding hydrogens is 256 g/mol. The Morgan fingerprint density at radius 2 is 2.00 bits per heavy atom. The number of para-hydroxylation sites is 2. The molecule has 0 amide bonds. The molecule has 0 aliphatic heterocycles. The number of rotatable bonds is 3. The molecule has 0 radical (unpaired) electrons. The van der Waals surface area contributed by atoms with Gasteiger partial charge >= 0.3 is 0 Å². The topological polar surface area (TPSA) is 64.7 Å². The average Bonchev–Trinajstić information content (AvgIpc) is 2.83. The number of hydrogen-bond donors (Lipinski definition) is 1. The van der Waals surface area contributed by atoms with E-state index in [9.17, 15) is 0 Å². The number of benzene rings is 1. The molecule has 2 aromatic heterocycles. The highest BCUT2D eigenvalue weighted by molar-refractivity contribution is 7.09. The third kappa shape index (κ3) is 2.62. The zero-order valence-corrected chi connectivity index (χ0v) is 11.4. The van der Waals surface area contributed by atoms with E-state index in [-0.39, 0.29) is 6.04 Å². The number of aryl methyl sites for hydroxylation is 1. The Kier molecular flexibility index (Phi) is 3.23. The van der Waals surface area contributed by atoms with Gasteiger partial charge < -0.3 is 5.73 Å². The first-order valence-corrected chi connectivity index (χ1v) is 6.98. The number of aromatic nitrogens is 3. The lowest BCUT2D eigenvalue weighted by atomic mass is 10.1. The zero-order chi connectivity index (χ0) is 13.2. The van der Waals surface area contributed by atoms with Crippen LogP contribution in [0.5, 0.6) is 0 Å². The van der Waals surface area contributed by atoms with Gasteiger partial charge in [0.25, 0.3) is 0 Å². The second-order valence-corrected chi connectivity index (χ2v) is 5.51. The molecule has 1 aromatic carbocycles. The second kappa shape index (κ2) is 5.03. The van der Waals surface area contributed by atoms with Crippen molar-refractivity contribution in [2.24, 2.45) is 5.73 Å². The number of thiazole rings is 1. The first kappa shape index (κ1) is 12.2. The first-order valence-electron chi connectivity index (χ1n) is 6.10. The van der Waals surface area contributed by atoms with Crippen LogP contribution in [0.2, 0.25) is 0 Å². The fourth-order valence-electron chi connectivity index (χ4n) is 1.98. The quantitative estimate of drug-likeness (QED) is 0.794. The number of nitrogens with two attached hydrogens (primary N) is 1. The number of fused-ring (bicyclic) bond motifs is 1. The predicted octanol–water partition coefficient (Wildman–Crippen LogP) is 2.64. The molecule has 0 spiro atoms. The highest BCUT2D eigenvalue weighted by Crippen LogP contribution is 2.17. The summed E-state index contributed by atoms with van der Waals surface area (Å²) in [7, 11) is 0. The molecule has 96 valence electrons. The molecule has 2 heterocycles. The highest BCUT2D eigenvalue weighted by Gasteiger charge is 2.11. The Morgan fingerprint density at radius 1 is 1.21 bits per heavy atom. The van der Waals surface area contributed by atoms with Crippen LogP contribution < -0.4 is 5.73 Å². The molecule has 0 aliphatic carbocycles. The highest BCUT2D eigenvalue weighted by atomic mass is 32.1. The van der Waals surface area contributed by atoms with Gasteiger partial charge in [0.15, 0.2) is 0 Å². The summed E-state index contributed by atoms with van der Waals surface area (Å²) in [5, 5.41) is 3.11. The molecule has 2 N–H and O–H groups in total. The summed E-state index contributed by atoms with van der Waals surface area (Å²) < 4.78 is 0. The van der Waals surface area contributed by atoms with Crippen molar-refractivity contribution in [2.75, 3.05) is 0 Å². The molecule has 0 saturated heterocycles. The van der Waals surface area contributed by atoms with Crippen molar-refractivity contribution in [3.05, 3.63) is 52.2 Å². The largest absolute Gasteiger partial charge is 0.322 e. The van der Waals surface area contributed by atoms with Crippen LogP contribution in [0.15, 0.2) is 35.8 Å². The maximum absolute atomic E-state index is 6.19. The minimum absolute atomic E-state index is 0.168. The lowest BCUT2D eigenvalue weighted by Gasteiger charge is -2.09. The Bertz CT molecular complexity index is 707. The van der Waals surface area contributed by atoms with Crippen molar-refractivity contribution in [3.8, 4) is 0 Å². The van der Waals surface area contributed by atoms with Crippen LogP contribution in [0.3, 0.4) is 0 Å². The van der Waals surface area contributed by atoms with E-state index >= 15 is 0 Å². The van der Waals surface area contributed by atoms with Gasteiger partial charge in [0.2, 0.25) is 0 Å². The maximum atomic E-state index is 6.19. The Morgan fingerprint density at radius 3 is 2.74 bits per heavy atom. The van der Waals surface area contributed by atoms with Gasteiger partial charge in [-0.3, -0.25) is 4.98 Å². The molecule has 3 rings (SSSR count). The van der Waals surface area contributed by atoms with Crippen molar-refractivity contribution in [2.45, 2.75) is 19.4 Å².